The van der Waals surface area contributed by atoms with Crippen LogP contribution in [0.3, 0.4) is 0 Å². The number of rotatable bonds is 9. The Balaban J connectivity index is 0.00000243. The zero-order valence-corrected chi connectivity index (χ0v) is 25.9. The first-order valence-corrected chi connectivity index (χ1v) is 16.0. The minimum atomic E-state index is -0.723. The zero-order chi connectivity index (χ0) is 28.4. The molecule has 216 valence electrons. The van der Waals surface area contributed by atoms with Crippen LogP contribution in [-0.4, -0.2) is 50.7 Å². The summed E-state index contributed by atoms with van der Waals surface area (Å²) in [6.45, 7) is 16.1. The lowest BCUT2D eigenvalue weighted by atomic mass is 10.0. The number of aromatic amines is 1. The number of nitrogens with one attached hydrogen (secondary N) is 3. The van der Waals surface area contributed by atoms with Gasteiger partial charge in [0.2, 0.25) is 11.8 Å². The Morgan fingerprint density at radius 1 is 1.18 bits per heavy atom. The van der Waals surface area contributed by atoms with Crippen LogP contribution in [-0.2, 0) is 9.59 Å². The molecule has 1 saturated heterocycles. The average Bonchev–Trinajstić information content (AvgIpc) is 3.63. The van der Waals surface area contributed by atoms with Crippen molar-refractivity contribution in [2.75, 3.05) is 18.0 Å². The highest BCUT2D eigenvalue weighted by Gasteiger charge is 2.45. The topological polar surface area (TPSA) is 90.1 Å². The van der Waals surface area contributed by atoms with Crippen LogP contribution >= 0.6 is 22.6 Å². The summed E-state index contributed by atoms with van der Waals surface area (Å²) in [7, 11) is 0. The Morgan fingerprint density at radius 2 is 1.84 bits per heavy atom. The standard InChI is InChI=1S/C26H36FN5O2.C2H6.CH3I.2H2/c1-15(2)18-14-19(18)25(33)30-22(13-16(3)32-11-6-5-7-12-32)26(34)28-17(4)24-29-21-10-8-9-20(27)23(21)31-24;2*1-2;;/h8-10,15,17-19,22H,3,5-7,11-14H2,1-2,4H3,(H,28,34)(H,29,31)(H,30,33);1-2H3;1H3;2*1H/t17-,18?,19?,22-;;;;/m0..../s1. The predicted molar refractivity (Wildman–Crippen MR) is 166 cm³/mol. The molecular formula is C29H49FIN5O2. The van der Waals surface area contributed by atoms with Gasteiger partial charge in [-0.1, -0.05) is 62.9 Å². The van der Waals surface area contributed by atoms with Crippen molar-refractivity contribution >= 4 is 45.4 Å². The number of amides is 2. The number of benzene rings is 1. The van der Waals surface area contributed by atoms with Crippen molar-refractivity contribution in [2.45, 2.75) is 78.8 Å². The van der Waals surface area contributed by atoms with Gasteiger partial charge in [-0.15, -0.1) is 0 Å². The van der Waals surface area contributed by atoms with E-state index in [1.54, 1.807) is 19.1 Å². The number of likely N-dealkylation sites (tertiary alicyclic amines) is 1. The lowest BCUT2D eigenvalue weighted by Gasteiger charge is -2.32. The van der Waals surface area contributed by atoms with Crippen molar-refractivity contribution in [1.82, 2.24) is 25.5 Å². The molecule has 2 aromatic rings. The molecule has 4 atom stereocenters. The molecule has 2 heterocycles. The SMILES string of the molecule is C=C(C[C@H](NC(=O)C1CC1C(C)C)C(=O)N[C@@H](C)c1nc2c(F)cccc2[nH]1)N1CCCCC1.CC.CI.[HH].[HH]. The predicted octanol–water partition coefficient (Wildman–Crippen LogP) is 6.62. The van der Waals surface area contributed by atoms with Crippen LogP contribution in [0.2, 0.25) is 0 Å². The molecule has 1 aromatic carbocycles. The maximum absolute atomic E-state index is 14.1. The molecule has 2 amide bonds. The van der Waals surface area contributed by atoms with Gasteiger partial charge in [0.1, 0.15) is 17.4 Å². The quantitative estimate of drug-likeness (QED) is 0.212. The second kappa shape index (κ2) is 15.4. The van der Waals surface area contributed by atoms with Crippen LogP contribution in [0.5, 0.6) is 0 Å². The van der Waals surface area contributed by atoms with Gasteiger partial charge in [-0.25, -0.2) is 9.37 Å². The van der Waals surface area contributed by atoms with Gasteiger partial charge >= 0.3 is 0 Å². The molecule has 2 unspecified atom stereocenters. The largest absolute Gasteiger partial charge is 0.375 e. The fraction of sp³-hybridized carbons (Fsp3) is 0.621. The van der Waals surface area contributed by atoms with Crippen molar-refractivity contribution in [3.63, 3.8) is 0 Å². The summed E-state index contributed by atoms with van der Waals surface area (Å²) >= 11 is 2.15. The van der Waals surface area contributed by atoms with Crippen LogP contribution in [0.25, 0.3) is 11.0 Å². The molecule has 1 saturated carbocycles. The van der Waals surface area contributed by atoms with E-state index in [-0.39, 0.29) is 26.1 Å². The monoisotopic (exact) mass is 645 g/mol. The van der Waals surface area contributed by atoms with Crippen LogP contribution in [0.4, 0.5) is 4.39 Å². The molecule has 1 aliphatic heterocycles. The normalized spacial score (nSPS) is 19.9. The van der Waals surface area contributed by atoms with Gasteiger partial charge in [-0.3, -0.25) is 9.59 Å². The summed E-state index contributed by atoms with van der Waals surface area (Å²) in [5, 5.41) is 5.95. The number of carbonyl (C=O) groups is 2. The smallest absolute Gasteiger partial charge is 0.243 e. The molecule has 2 aliphatic rings. The summed E-state index contributed by atoms with van der Waals surface area (Å²) in [6.07, 6.45) is 4.66. The second-order valence-corrected chi connectivity index (χ2v) is 10.1. The molecule has 38 heavy (non-hydrogen) atoms. The number of nitrogens with zero attached hydrogens (tertiary/aromatic N) is 2. The molecule has 0 bridgehead atoms. The molecule has 9 heteroatoms. The maximum Gasteiger partial charge on any atom is 0.243 e. The number of hydrogen-bond acceptors (Lipinski definition) is 4. The fourth-order valence-electron chi connectivity index (χ4n) is 4.92. The summed E-state index contributed by atoms with van der Waals surface area (Å²) in [4.78, 5) is 37.8. The molecule has 1 aliphatic carbocycles. The Kier molecular flexibility index (Phi) is 13.0. The Labute approximate surface area is 243 Å². The van der Waals surface area contributed by atoms with E-state index in [4.69, 9.17) is 0 Å². The lowest BCUT2D eigenvalue weighted by molar-refractivity contribution is -0.130. The van der Waals surface area contributed by atoms with E-state index in [9.17, 15) is 14.0 Å². The lowest BCUT2D eigenvalue weighted by Crippen LogP contribution is -2.49. The summed E-state index contributed by atoms with van der Waals surface area (Å²) in [6, 6.07) is 3.51. The number of aromatic nitrogens is 2. The molecule has 3 N–H and O–H groups in total. The van der Waals surface area contributed by atoms with Crippen molar-refractivity contribution in [3.05, 3.63) is 42.1 Å². The average molecular weight is 646 g/mol. The summed E-state index contributed by atoms with van der Waals surface area (Å²) in [5.74, 6) is 0.485. The number of H-pyrrole nitrogens is 1. The molecule has 0 spiro atoms. The number of para-hydroxylation sites is 1. The van der Waals surface area contributed by atoms with E-state index in [0.717, 1.165) is 38.0 Å². The van der Waals surface area contributed by atoms with Gasteiger partial charge in [0, 0.05) is 34.0 Å². The molecule has 0 radical (unpaired) electrons. The maximum atomic E-state index is 14.1. The van der Waals surface area contributed by atoms with Gasteiger partial charge in [0.15, 0.2) is 5.82 Å². The molecule has 2 fully saturated rings. The molecule has 1 aromatic heterocycles. The summed E-state index contributed by atoms with van der Waals surface area (Å²) in [5.41, 5.74) is 1.69. The Bertz CT molecular complexity index is 1080. The first-order valence-electron chi connectivity index (χ1n) is 13.8. The van der Waals surface area contributed by atoms with E-state index >= 15 is 0 Å². The number of piperidine rings is 1. The van der Waals surface area contributed by atoms with Gasteiger partial charge in [0.05, 0.1) is 11.6 Å². The minimum absolute atomic E-state index is 0. The first-order chi connectivity index (χ1) is 18.2. The molecule has 7 nitrogen and oxygen atoms in total. The van der Waals surface area contributed by atoms with E-state index in [2.05, 4.69) is 68.5 Å². The fourth-order valence-corrected chi connectivity index (χ4v) is 4.92. The van der Waals surface area contributed by atoms with Crippen LogP contribution in [0.1, 0.15) is 81.4 Å². The van der Waals surface area contributed by atoms with Gasteiger partial charge < -0.3 is 20.5 Å². The van der Waals surface area contributed by atoms with Crippen molar-refractivity contribution in [3.8, 4) is 0 Å². The minimum Gasteiger partial charge on any atom is -0.375 e. The highest BCUT2D eigenvalue weighted by Crippen LogP contribution is 2.44. The zero-order valence-electron chi connectivity index (χ0n) is 23.7. The van der Waals surface area contributed by atoms with Crippen molar-refractivity contribution < 1.29 is 16.8 Å². The molecule has 4 rings (SSSR count). The van der Waals surface area contributed by atoms with Crippen molar-refractivity contribution in [2.24, 2.45) is 17.8 Å². The highest BCUT2D eigenvalue weighted by molar-refractivity contribution is 14.1. The van der Waals surface area contributed by atoms with Crippen LogP contribution in [0, 0.1) is 23.6 Å². The number of fused-ring (bicyclic) bond motifs is 1. The Hall–Kier alpha value is -2.17. The van der Waals surface area contributed by atoms with Crippen LogP contribution in [0.15, 0.2) is 30.5 Å². The van der Waals surface area contributed by atoms with E-state index in [1.165, 1.54) is 12.5 Å². The number of carbonyl (C=O) groups excluding carboxylic acids is 2. The number of hydrogen-bond donors (Lipinski definition) is 3. The van der Waals surface area contributed by atoms with E-state index in [1.807, 2.05) is 18.8 Å². The van der Waals surface area contributed by atoms with Crippen LogP contribution < -0.4 is 10.6 Å². The van der Waals surface area contributed by atoms with Crippen molar-refractivity contribution in [1.29, 1.82) is 0 Å². The third-order valence-corrected chi connectivity index (χ3v) is 7.16. The number of alkyl halides is 1. The number of imidazole rings is 1. The van der Waals surface area contributed by atoms with Gasteiger partial charge in [-0.05, 0) is 61.5 Å². The third-order valence-electron chi connectivity index (χ3n) is 7.16. The second-order valence-electron chi connectivity index (χ2n) is 10.1. The van der Waals surface area contributed by atoms with Gasteiger partial charge in [0.25, 0.3) is 0 Å². The summed E-state index contributed by atoms with van der Waals surface area (Å²) < 4.78 is 14.1. The highest BCUT2D eigenvalue weighted by atomic mass is 127. The van der Waals surface area contributed by atoms with E-state index in [0.29, 0.717) is 29.6 Å². The first kappa shape index (κ1) is 32.0. The Morgan fingerprint density at radius 3 is 2.42 bits per heavy atom. The van der Waals surface area contributed by atoms with E-state index < -0.39 is 17.9 Å². The van der Waals surface area contributed by atoms with Gasteiger partial charge in [-0.2, -0.15) is 0 Å². The number of halogens is 2. The molecular weight excluding hydrogens is 596 g/mol. The third kappa shape index (κ3) is 8.41.